The molecule has 0 spiro atoms. The Morgan fingerprint density at radius 2 is 1.35 bits per heavy atom. The topological polar surface area (TPSA) is 34.1 Å². The number of ketones is 2. The zero-order valence-corrected chi connectivity index (χ0v) is 9.82. The highest BCUT2D eigenvalue weighted by Crippen LogP contribution is 2.29. The van der Waals surface area contributed by atoms with Gasteiger partial charge in [0.2, 0.25) is 0 Å². The highest BCUT2D eigenvalue weighted by Gasteiger charge is 2.31. The van der Waals surface area contributed by atoms with Crippen molar-refractivity contribution in [2.45, 2.75) is 6.92 Å². The summed E-state index contributed by atoms with van der Waals surface area (Å²) >= 11 is 0. The van der Waals surface area contributed by atoms with E-state index in [1.165, 1.54) is 18.2 Å². The van der Waals surface area contributed by atoms with Crippen LogP contribution in [0.4, 0.5) is 0 Å². The van der Waals surface area contributed by atoms with Crippen molar-refractivity contribution >= 4 is 11.6 Å². The summed E-state index contributed by atoms with van der Waals surface area (Å²) in [5, 5.41) is 0. The standard InChI is InChI=1S/C15H14O2/c1-5-9-13-12(8-4)14(16)10(6-2)11(7-3)15(13)17/h5-9H,1-3H2,4H3/b12-8+,13-9+. The van der Waals surface area contributed by atoms with Crippen molar-refractivity contribution < 1.29 is 9.59 Å². The first-order valence-corrected chi connectivity index (χ1v) is 5.20. The lowest BCUT2D eigenvalue weighted by molar-refractivity contribution is -0.116. The third-order valence-electron chi connectivity index (χ3n) is 2.54. The zero-order chi connectivity index (χ0) is 13.0. The summed E-state index contributed by atoms with van der Waals surface area (Å²) in [4.78, 5) is 24.3. The van der Waals surface area contributed by atoms with Crippen LogP contribution in [-0.4, -0.2) is 11.6 Å². The number of hydrogen-bond acceptors (Lipinski definition) is 2. The van der Waals surface area contributed by atoms with Crippen molar-refractivity contribution in [1.29, 1.82) is 0 Å². The van der Waals surface area contributed by atoms with Crippen LogP contribution in [0.1, 0.15) is 6.92 Å². The van der Waals surface area contributed by atoms with Crippen molar-refractivity contribution in [3.05, 3.63) is 72.4 Å². The van der Waals surface area contributed by atoms with E-state index in [0.29, 0.717) is 22.3 Å². The van der Waals surface area contributed by atoms with Gasteiger partial charge >= 0.3 is 0 Å². The van der Waals surface area contributed by atoms with E-state index in [1.807, 2.05) is 0 Å². The van der Waals surface area contributed by atoms with Gasteiger partial charge in [-0.25, -0.2) is 0 Å². The number of carbonyl (C=O) groups excluding carboxylic acids is 2. The minimum absolute atomic E-state index is 0.204. The maximum atomic E-state index is 12.1. The second kappa shape index (κ2) is 5.21. The van der Waals surface area contributed by atoms with Gasteiger partial charge in [-0.1, -0.05) is 50.1 Å². The van der Waals surface area contributed by atoms with Crippen LogP contribution in [0.3, 0.4) is 0 Å². The molecule has 2 nitrogen and oxygen atoms in total. The molecule has 0 unspecified atom stereocenters. The molecule has 0 fully saturated rings. The fourth-order valence-corrected chi connectivity index (χ4v) is 1.75. The molecule has 0 atom stereocenters. The van der Waals surface area contributed by atoms with Crippen LogP contribution in [0.2, 0.25) is 0 Å². The first kappa shape index (κ1) is 12.8. The Morgan fingerprint density at radius 1 is 0.882 bits per heavy atom. The van der Waals surface area contributed by atoms with Crippen LogP contribution < -0.4 is 0 Å². The molecule has 1 rings (SSSR count). The highest BCUT2D eigenvalue weighted by molar-refractivity contribution is 6.31. The van der Waals surface area contributed by atoms with Gasteiger partial charge in [0, 0.05) is 22.3 Å². The second-order valence-electron chi connectivity index (χ2n) is 3.41. The van der Waals surface area contributed by atoms with E-state index in [2.05, 4.69) is 19.7 Å². The number of hydrogen-bond donors (Lipinski definition) is 0. The summed E-state index contributed by atoms with van der Waals surface area (Å²) in [5.41, 5.74) is 1.34. The van der Waals surface area contributed by atoms with Crippen molar-refractivity contribution in [2.75, 3.05) is 0 Å². The SMILES string of the molecule is C=C/C=C1/C(=O)C(C=C)=C(C=C)C(=O)/C1=C/C. The van der Waals surface area contributed by atoms with E-state index in [9.17, 15) is 9.59 Å². The van der Waals surface area contributed by atoms with E-state index in [4.69, 9.17) is 0 Å². The molecule has 0 amide bonds. The van der Waals surface area contributed by atoms with Crippen molar-refractivity contribution in [3.63, 3.8) is 0 Å². The average Bonchev–Trinajstić information content (AvgIpc) is 2.33. The molecule has 0 heterocycles. The smallest absolute Gasteiger partial charge is 0.194 e. The quantitative estimate of drug-likeness (QED) is 0.693. The van der Waals surface area contributed by atoms with Crippen molar-refractivity contribution in [3.8, 4) is 0 Å². The highest BCUT2D eigenvalue weighted by atomic mass is 16.1. The van der Waals surface area contributed by atoms with Crippen LogP contribution in [0.15, 0.2) is 72.4 Å². The molecule has 0 aromatic heterocycles. The van der Waals surface area contributed by atoms with E-state index in [0.717, 1.165) is 0 Å². The maximum absolute atomic E-state index is 12.1. The molecule has 17 heavy (non-hydrogen) atoms. The number of Topliss-reactive ketones (excluding diaryl/α,β-unsaturated/α-hetero) is 2. The molecule has 0 aromatic rings. The molecule has 0 bridgehead atoms. The lowest BCUT2D eigenvalue weighted by atomic mass is 9.81. The van der Waals surface area contributed by atoms with Gasteiger partial charge < -0.3 is 0 Å². The Labute approximate surface area is 101 Å². The lowest BCUT2D eigenvalue weighted by Crippen LogP contribution is -2.23. The van der Waals surface area contributed by atoms with Gasteiger partial charge in [-0.2, -0.15) is 0 Å². The Hall–Kier alpha value is -2.22. The molecule has 0 radical (unpaired) electrons. The van der Waals surface area contributed by atoms with Crippen molar-refractivity contribution in [2.24, 2.45) is 0 Å². The van der Waals surface area contributed by atoms with Gasteiger partial charge in [0.25, 0.3) is 0 Å². The maximum Gasteiger partial charge on any atom is 0.194 e. The number of allylic oxidation sites excluding steroid dienone is 9. The molecule has 2 heteroatoms. The van der Waals surface area contributed by atoms with Gasteiger partial charge in [0.15, 0.2) is 11.6 Å². The summed E-state index contributed by atoms with van der Waals surface area (Å²) in [6.45, 7) is 12.4. The third kappa shape index (κ3) is 2.02. The Morgan fingerprint density at radius 3 is 1.71 bits per heavy atom. The van der Waals surface area contributed by atoms with Gasteiger partial charge in [-0.05, 0) is 6.92 Å². The Kier molecular flexibility index (Phi) is 3.94. The Bertz CT molecular complexity index is 511. The average molecular weight is 226 g/mol. The fourth-order valence-electron chi connectivity index (χ4n) is 1.75. The molecular weight excluding hydrogens is 212 g/mol. The molecule has 0 saturated heterocycles. The molecule has 86 valence electrons. The predicted molar refractivity (Wildman–Crippen MR) is 69.5 cm³/mol. The lowest BCUT2D eigenvalue weighted by Gasteiger charge is -2.18. The van der Waals surface area contributed by atoms with Gasteiger partial charge in [-0.3, -0.25) is 9.59 Å². The monoisotopic (exact) mass is 226 g/mol. The summed E-state index contributed by atoms with van der Waals surface area (Å²) in [6.07, 6.45) is 7.44. The summed E-state index contributed by atoms with van der Waals surface area (Å²) in [6, 6.07) is 0. The number of rotatable bonds is 3. The van der Waals surface area contributed by atoms with Crippen LogP contribution in [0, 0.1) is 0 Å². The van der Waals surface area contributed by atoms with Crippen LogP contribution >= 0.6 is 0 Å². The fraction of sp³-hybridized carbons (Fsp3) is 0.0667. The first-order valence-electron chi connectivity index (χ1n) is 5.20. The van der Waals surface area contributed by atoms with E-state index >= 15 is 0 Å². The van der Waals surface area contributed by atoms with Gasteiger partial charge in [0.05, 0.1) is 0 Å². The minimum Gasteiger partial charge on any atom is -0.289 e. The molecule has 0 saturated carbocycles. The van der Waals surface area contributed by atoms with Gasteiger partial charge in [-0.15, -0.1) is 0 Å². The summed E-state index contributed by atoms with van der Waals surface area (Å²) in [7, 11) is 0. The van der Waals surface area contributed by atoms with Crippen LogP contribution in [0.25, 0.3) is 0 Å². The van der Waals surface area contributed by atoms with Crippen molar-refractivity contribution in [1.82, 2.24) is 0 Å². The molecular formula is C15H14O2. The predicted octanol–water partition coefficient (Wildman–Crippen LogP) is 2.87. The van der Waals surface area contributed by atoms with Crippen LogP contribution in [-0.2, 0) is 9.59 Å². The second-order valence-corrected chi connectivity index (χ2v) is 3.41. The molecule has 0 aromatic carbocycles. The summed E-state index contributed by atoms with van der Waals surface area (Å²) < 4.78 is 0. The van der Waals surface area contributed by atoms with E-state index in [1.54, 1.807) is 19.1 Å². The third-order valence-corrected chi connectivity index (χ3v) is 2.54. The van der Waals surface area contributed by atoms with Gasteiger partial charge in [0.1, 0.15) is 0 Å². The molecule has 1 aliphatic carbocycles. The largest absolute Gasteiger partial charge is 0.289 e. The zero-order valence-electron chi connectivity index (χ0n) is 9.82. The Balaban J connectivity index is 3.62. The number of carbonyl (C=O) groups is 2. The summed E-state index contributed by atoms with van der Waals surface area (Å²) in [5.74, 6) is -0.424. The molecule has 0 aliphatic heterocycles. The van der Waals surface area contributed by atoms with Crippen LogP contribution in [0.5, 0.6) is 0 Å². The minimum atomic E-state index is -0.220. The van der Waals surface area contributed by atoms with E-state index < -0.39 is 0 Å². The first-order chi connectivity index (χ1) is 8.12. The van der Waals surface area contributed by atoms with E-state index in [-0.39, 0.29) is 11.6 Å². The molecule has 0 N–H and O–H groups in total. The normalized spacial score (nSPS) is 21.0. The molecule has 1 aliphatic rings.